The summed E-state index contributed by atoms with van der Waals surface area (Å²) >= 11 is 0. The van der Waals surface area contributed by atoms with Gasteiger partial charge in [-0.05, 0) is 43.1 Å². The molecule has 2 aliphatic rings. The number of hydrogen-bond donors (Lipinski definition) is 2. The minimum absolute atomic E-state index is 0. The van der Waals surface area contributed by atoms with E-state index in [9.17, 15) is 9.59 Å². The number of fused-ring (bicyclic) bond motifs is 2. The molecule has 26 heavy (non-hydrogen) atoms. The molecule has 2 amide bonds. The Morgan fingerprint density at radius 2 is 1.77 bits per heavy atom. The standard InChI is InChI=1S/C20H29N3O2.ClH/c1-23(13-18(24)22-12-14-6-3-2-4-7-14)20(25)17-10-15-8-5-9-16(11-17)19(15)21;/h2-4,6-7,15-17,19H,5,8-13,21H2,1H3,(H,22,24);1H. The number of nitrogens with two attached hydrogens (primary N) is 1. The van der Waals surface area contributed by atoms with Crippen molar-refractivity contribution in [2.45, 2.75) is 44.7 Å². The summed E-state index contributed by atoms with van der Waals surface area (Å²) in [5, 5.41) is 2.88. The normalized spacial score (nSPS) is 27.2. The van der Waals surface area contributed by atoms with E-state index in [0.717, 1.165) is 31.2 Å². The largest absolute Gasteiger partial charge is 0.350 e. The van der Waals surface area contributed by atoms with Gasteiger partial charge in [0, 0.05) is 25.6 Å². The van der Waals surface area contributed by atoms with E-state index in [0.29, 0.717) is 18.4 Å². The molecule has 144 valence electrons. The van der Waals surface area contributed by atoms with Crippen LogP contribution in [0.25, 0.3) is 0 Å². The maximum absolute atomic E-state index is 12.8. The van der Waals surface area contributed by atoms with Gasteiger partial charge in [-0.2, -0.15) is 0 Å². The van der Waals surface area contributed by atoms with Crippen LogP contribution in [0.1, 0.15) is 37.7 Å². The van der Waals surface area contributed by atoms with Gasteiger partial charge in [0.2, 0.25) is 11.8 Å². The fourth-order valence-corrected chi connectivity index (χ4v) is 4.45. The summed E-state index contributed by atoms with van der Waals surface area (Å²) in [6, 6.07) is 10.0. The Bertz CT molecular complexity index is 596. The van der Waals surface area contributed by atoms with Gasteiger partial charge in [0.25, 0.3) is 0 Å². The van der Waals surface area contributed by atoms with E-state index in [4.69, 9.17) is 5.73 Å². The molecule has 2 bridgehead atoms. The van der Waals surface area contributed by atoms with Crippen molar-refractivity contribution < 1.29 is 9.59 Å². The summed E-state index contributed by atoms with van der Waals surface area (Å²) in [6.45, 7) is 0.605. The van der Waals surface area contributed by atoms with Crippen molar-refractivity contribution in [1.82, 2.24) is 10.2 Å². The van der Waals surface area contributed by atoms with Crippen molar-refractivity contribution in [3.05, 3.63) is 35.9 Å². The van der Waals surface area contributed by atoms with Crippen LogP contribution in [-0.2, 0) is 16.1 Å². The smallest absolute Gasteiger partial charge is 0.239 e. The number of hydrogen-bond acceptors (Lipinski definition) is 3. The van der Waals surface area contributed by atoms with E-state index in [1.807, 2.05) is 30.3 Å². The predicted molar refractivity (Wildman–Crippen MR) is 105 cm³/mol. The first kappa shape index (κ1) is 20.7. The molecule has 0 aromatic heterocycles. The highest BCUT2D eigenvalue weighted by Crippen LogP contribution is 2.42. The highest BCUT2D eigenvalue weighted by atomic mass is 35.5. The topological polar surface area (TPSA) is 75.4 Å². The van der Waals surface area contributed by atoms with E-state index in [2.05, 4.69) is 5.32 Å². The maximum atomic E-state index is 12.8. The van der Waals surface area contributed by atoms with Gasteiger partial charge in [-0.15, -0.1) is 12.4 Å². The van der Waals surface area contributed by atoms with Gasteiger partial charge in [-0.1, -0.05) is 36.8 Å². The molecule has 2 unspecified atom stereocenters. The molecular formula is C20H30ClN3O2. The number of benzene rings is 1. The summed E-state index contributed by atoms with van der Waals surface area (Å²) in [4.78, 5) is 26.5. The Balaban J connectivity index is 0.00000243. The zero-order chi connectivity index (χ0) is 17.8. The van der Waals surface area contributed by atoms with Crippen LogP contribution in [-0.4, -0.2) is 36.3 Å². The SMILES string of the molecule is CN(CC(=O)NCc1ccccc1)C(=O)C1CC2CCCC(C1)C2N.Cl. The molecule has 2 saturated carbocycles. The van der Waals surface area contributed by atoms with Gasteiger partial charge in [0.1, 0.15) is 0 Å². The Labute approximate surface area is 162 Å². The fraction of sp³-hybridized carbons (Fsp3) is 0.600. The summed E-state index contributed by atoms with van der Waals surface area (Å²) < 4.78 is 0. The molecule has 0 spiro atoms. The highest BCUT2D eigenvalue weighted by Gasteiger charge is 2.41. The molecule has 0 aliphatic heterocycles. The second-order valence-electron chi connectivity index (χ2n) is 7.65. The second kappa shape index (κ2) is 9.38. The van der Waals surface area contributed by atoms with Gasteiger partial charge >= 0.3 is 0 Å². The minimum atomic E-state index is -0.118. The number of likely N-dealkylation sites (N-methyl/N-ethyl adjacent to an activating group) is 1. The van der Waals surface area contributed by atoms with Crippen LogP contribution in [0.15, 0.2) is 30.3 Å². The molecule has 0 heterocycles. The van der Waals surface area contributed by atoms with Gasteiger partial charge in [0.05, 0.1) is 6.54 Å². The molecule has 1 aromatic carbocycles. The summed E-state index contributed by atoms with van der Waals surface area (Å²) in [5.74, 6) is 0.955. The van der Waals surface area contributed by atoms with Crippen LogP contribution in [0.4, 0.5) is 0 Å². The molecule has 0 radical (unpaired) electrons. The van der Waals surface area contributed by atoms with E-state index in [-0.39, 0.29) is 42.7 Å². The third-order valence-electron chi connectivity index (χ3n) is 5.85. The lowest BCUT2D eigenvalue weighted by molar-refractivity contribution is -0.140. The van der Waals surface area contributed by atoms with Crippen molar-refractivity contribution in [3.63, 3.8) is 0 Å². The molecular weight excluding hydrogens is 350 g/mol. The van der Waals surface area contributed by atoms with E-state index >= 15 is 0 Å². The Kier molecular flexibility index (Phi) is 7.47. The van der Waals surface area contributed by atoms with Crippen molar-refractivity contribution in [2.24, 2.45) is 23.5 Å². The third-order valence-corrected chi connectivity index (χ3v) is 5.85. The van der Waals surface area contributed by atoms with Crippen molar-refractivity contribution in [2.75, 3.05) is 13.6 Å². The lowest BCUT2D eigenvalue weighted by Crippen LogP contribution is -2.50. The molecule has 6 heteroatoms. The number of nitrogens with one attached hydrogen (secondary N) is 1. The van der Waals surface area contributed by atoms with Crippen LogP contribution in [0.5, 0.6) is 0 Å². The quantitative estimate of drug-likeness (QED) is 0.824. The minimum Gasteiger partial charge on any atom is -0.350 e. The molecule has 0 saturated heterocycles. The third kappa shape index (κ3) is 4.98. The molecule has 1 aromatic rings. The number of carbonyl (C=O) groups is 2. The Morgan fingerprint density at radius 3 is 2.38 bits per heavy atom. The summed E-state index contributed by atoms with van der Waals surface area (Å²) in [6.07, 6.45) is 5.28. The first-order valence-electron chi connectivity index (χ1n) is 9.35. The average molecular weight is 380 g/mol. The number of amides is 2. The van der Waals surface area contributed by atoms with Gasteiger partial charge in [-0.25, -0.2) is 0 Å². The van der Waals surface area contributed by atoms with Gasteiger partial charge in [0.15, 0.2) is 0 Å². The summed E-state index contributed by atoms with van der Waals surface area (Å²) in [7, 11) is 1.73. The van der Waals surface area contributed by atoms with Crippen molar-refractivity contribution in [1.29, 1.82) is 0 Å². The lowest BCUT2D eigenvalue weighted by Gasteiger charge is -2.44. The number of halogens is 1. The van der Waals surface area contributed by atoms with Gasteiger partial charge < -0.3 is 16.0 Å². The maximum Gasteiger partial charge on any atom is 0.239 e. The molecule has 2 aliphatic carbocycles. The van der Waals surface area contributed by atoms with E-state index in [1.54, 1.807) is 11.9 Å². The highest BCUT2D eigenvalue weighted by molar-refractivity contribution is 5.86. The first-order chi connectivity index (χ1) is 12.0. The van der Waals surface area contributed by atoms with Crippen molar-refractivity contribution >= 4 is 24.2 Å². The molecule has 2 fully saturated rings. The number of nitrogens with zero attached hydrogens (tertiary/aromatic N) is 1. The Hall–Kier alpha value is -1.59. The zero-order valence-corrected chi connectivity index (χ0v) is 16.2. The van der Waals surface area contributed by atoms with E-state index in [1.165, 1.54) is 6.42 Å². The van der Waals surface area contributed by atoms with Crippen LogP contribution in [0, 0.1) is 17.8 Å². The second-order valence-corrected chi connectivity index (χ2v) is 7.65. The Morgan fingerprint density at radius 1 is 1.15 bits per heavy atom. The van der Waals surface area contributed by atoms with Crippen LogP contribution < -0.4 is 11.1 Å². The number of carbonyl (C=O) groups excluding carboxylic acids is 2. The zero-order valence-electron chi connectivity index (χ0n) is 15.4. The van der Waals surface area contributed by atoms with Crippen molar-refractivity contribution in [3.8, 4) is 0 Å². The monoisotopic (exact) mass is 379 g/mol. The number of rotatable bonds is 5. The van der Waals surface area contributed by atoms with E-state index < -0.39 is 0 Å². The summed E-state index contributed by atoms with van der Waals surface area (Å²) in [5.41, 5.74) is 7.36. The van der Waals surface area contributed by atoms with Gasteiger partial charge in [-0.3, -0.25) is 9.59 Å². The van der Waals surface area contributed by atoms with Crippen LogP contribution >= 0.6 is 12.4 Å². The predicted octanol–water partition coefficient (Wildman–Crippen LogP) is 2.34. The molecule has 3 rings (SSSR count). The average Bonchev–Trinajstić information content (AvgIpc) is 2.60. The first-order valence-corrected chi connectivity index (χ1v) is 9.35. The molecule has 2 atom stereocenters. The van der Waals surface area contributed by atoms with Crippen LogP contribution in [0.3, 0.4) is 0 Å². The van der Waals surface area contributed by atoms with Crippen LogP contribution in [0.2, 0.25) is 0 Å². The molecule has 3 N–H and O–H groups in total. The lowest BCUT2D eigenvalue weighted by atomic mass is 9.65. The molecule has 5 nitrogen and oxygen atoms in total. The fourth-order valence-electron chi connectivity index (χ4n) is 4.45.